The summed E-state index contributed by atoms with van der Waals surface area (Å²) in [5.41, 5.74) is 5.63. The molecule has 1 N–H and O–H groups in total. The zero-order chi connectivity index (χ0) is 23.5. The van der Waals surface area contributed by atoms with E-state index in [1.165, 1.54) is 5.56 Å². The van der Waals surface area contributed by atoms with E-state index in [1.807, 2.05) is 62.4 Å². The van der Waals surface area contributed by atoms with Gasteiger partial charge in [-0.05, 0) is 41.5 Å². The Morgan fingerprint density at radius 1 is 0.909 bits per heavy atom. The first kappa shape index (κ1) is 21.3. The second kappa shape index (κ2) is 7.20. The summed E-state index contributed by atoms with van der Waals surface area (Å²) in [5.74, 6) is -1.49. The largest absolute Gasteiger partial charge is 0.358 e. The van der Waals surface area contributed by atoms with Gasteiger partial charge in [-0.3, -0.25) is 14.6 Å². The number of alkyl halides is 1. The molecule has 1 aliphatic carbocycles. The molecule has 1 unspecified atom stereocenters. The summed E-state index contributed by atoms with van der Waals surface area (Å²) in [6.07, 6.45) is 7.82. The predicted octanol–water partition coefficient (Wildman–Crippen LogP) is 6.17. The second-order valence-electron chi connectivity index (χ2n) is 9.75. The molecule has 0 amide bonds. The normalized spacial score (nSPS) is 23.2. The van der Waals surface area contributed by atoms with Crippen LogP contribution in [0, 0.1) is 0 Å². The minimum atomic E-state index is -2.07. The van der Waals surface area contributed by atoms with Crippen LogP contribution in [-0.4, -0.2) is 23.4 Å². The van der Waals surface area contributed by atoms with E-state index in [0.29, 0.717) is 0 Å². The number of benzene rings is 2. The highest BCUT2D eigenvalue weighted by Gasteiger charge is 2.43. The number of nitrogens with zero attached hydrogens (tertiary/aromatic N) is 1. The number of ketones is 2. The molecule has 5 rings (SSSR count). The molecular formula is C28H25FN2O2. The summed E-state index contributed by atoms with van der Waals surface area (Å²) in [7, 11) is 0. The average molecular weight is 441 g/mol. The summed E-state index contributed by atoms with van der Waals surface area (Å²) in [6.45, 7) is 8.42. The Bertz CT molecular complexity index is 1340. The highest BCUT2D eigenvalue weighted by molar-refractivity contribution is 6.29. The fourth-order valence-corrected chi connectivity index (χ4v) is 4.83. The predicted molar refractivity (Wildman–Crippen MR) is 130 cm³/mol. The summed E-state index contributed by atoms with van der Waals surface area (Å²) in [5, 5.41) is 3.34. The van der Waals surface area contributed by atoms with Crippen LogP contribution in [0.5, 0.6) is 0 Å². The average Bonchev–Trinajstić information content (AvgIpc) is 3.28. The lowest BCUT2D eigenvalue weighted by Crippen LogP contribution is -2.23. The molecule has 0 aromatic heterocycles. The van der Waals surface area contributed by atoms with Crippen molar-refractivity contribution in [3.8, 4) is 0 Å². The fraction of sp³-hybridized carbons (Fsp3) is 0.250. The number of anilines is 1. The SMILES string of the molecule is CC1(C)C(/C=C/C=C/C=C2\Nc3cc4c(cc3C2(C)C)C(=O)C(F)C4=O)=Nc2ccccc21. The van der Waals surface area contributed by atoms with Crippen LogP contribution in [0.3, 0.4) is 0 Å². The van der Waals surface area contributed by atoms with Crippen molar-refractivity contribution in [1.29, 1.82) is 0 Å². The van der Waals surface area contributed by atoms with Crippen LogP contribution in [0.15, 0.2) is 77.5 Å². The lowest BCUT2D eigenvalue weighted by molar-refractivity contribution is 0.0791. The van der Waals surface area contributed by atoms with Crippen LogP contribution in [0.1, 0.15) is 59.5 Å². The molecule has 0 bridgehead atoms. The van der Waals surface area contributed by atoms with Crippen LogP contribution < -0.4 is 5.32 Å². The highest BCUT2D eigenvalue weighted by Crippen LogP contribution is 2.46. The molecule has 0 saturated heterocycles. The number of nitrogens with one attached hydrogen (secondary N) is 1. The number of rotatable bonds is 3. The Morgan fingerprint density at radius 2 is 1.61 bits per heavy atom. The van der Waals surface area contributed by atoms with Gasteiger partial charge in [-0.25, -0.2) is 4.39 Å². The number of carbonyl (C=O) groups excluding carboxylic acids is 2. The maximum Gasteiger partial charge on any atom is 0.225 e. The molecule has 2 heterocycles. The first-order valence-corrected chi connectivity index (χ1v) is 11.0. The van der Waals surface area contributed by atoms with Gasteiger partial charge < -0.3 is 5.32 Å². The first-order valence-electron chi connectivity index (χ1n) is 11.0. The van der Waals surface area contributed by atoms with Crippen LogP contribution >= 0.6 is 0 Å². The Kier molecular flexibility index (Phi) is 4.64. The van der Waals surface area contributed by atoms with Gasteiger partial charge in [0.05, 0.1) is 11.4 Å². The summed E-state index contributed by atoms with van der Waals surface area (Å²) in [4.78, 5) is 28.9. The third-order valence-corrected chi connectivity index (χ3v) is 6.96. The van der Waals surface area contributed by atoms with Crippen molar-refractivity contribution in [2.24, 2.45) is 4.99 Å². The molecule has 4 nitrogen and oxygen atoms in total. The minimum Gasteiger partial charge on any atom is -0.358 e. The molecule has 5 heteroatoms. The third-order valence-electron chi connectivity index (χ3n) is 6.96. The molecule has 166 valence electrons. The summed E-state index contributed by atoms with van der Waals surface area (Å²) in [6, 6.07) is 11.5. The van der Waals surface area contributed by atoms with Gasteiger partial charge in [0, 0.05) is 33.3 Å². The van der Waals surface area contributed by atoms with E-state index in [-0.39, 0.29) is 16.5 Å². The smallest absolute Gasteiger partial charge is 0.225 e. The van der Waals surface area contributed by atoms with E-state index in [1.54, 1.807) is 12.1 Å². The van der Waals surface area contributed by atoms with Crippen LogP contribution in [0.25, 0.3) is 0 Å². The summed E-state index contributed by atoms with van der Waals surface area (Å²) < 4.78 is 13.9. The van der Waals surface area contributed by atoms with Gasteiger partial charge in [-0.15, -0.1) is 0 Å². The van der Waals surface area contributed by atoms with Crippen molar-refractivity contribution in [3.63, 3.8) is 0 Å². The number of hydrogen-bond donors (Lipinski definition) is 1. The maximum absolute atomic E-state index is 13.9. The van der Waals surface area contributed by atoms with E-state index in [4.69, 9.17) is 4.99 Å². The highest BCUT2D eigenvalue weighted by atomic mass is 19.1. The molecule has 0 saturated carbocycles. The number of para-hydroxylation sites is 1. The van der Waals surface area contributed by atoms with Crippen LogP contribution in [0.2, 0.25) is 0 Å². The van der Waals surface area contributed by atoms with Gasteiger partial charge in [0.25, 0.3) is 0 Å². The monoisotopic (exact) mass is 440 g/mol. The molecule has 2 aliphatic heterocycles. The lowest BCUT2D eigenvalue weighted by atomic mass is 9.81. The minimum absolute atomic E-state index is 0.135. The van der Waals surface area contributed by atoms with E-state index in [2.05, 4.69) is 25.2 Å². The van der Waals surface area contributed by atoms with Crippen LogP contribution in [-0.2, 0) is 10.8 Å². The second-order valence-corrected chi connectivity index (χ2v) is 9.75. The lowest BCUT2D eigenvalue weighted by Gasteiger charge is -2.20. The number of hydrogen-bond acceptors (Lipinski definition) is 4. The van der Waals surface area contributed by atoms with Crippen molar-refractivity contribution < 1.29 is 14.0 Å². The third kappa shape index (κ3) is 3.14. The maximum atomic E-state index is 13.9. The van der Waals surface area contributed by atoms with Gasteiger partial charge in [0.1, 0.15) is 0 Å². The van der Waals surface area contributed by atoms with Gasteiger partial charge in [-0.2, -0.15) is 0 Å². The number of halogens is 1. The van der Waals surface area contributed by atoms with E-state index < -0.39 is 23.2 Å². The van der Waals surface area contributed by atoms with E-state index in [9.17, 15) is 14.0 Å². The Hall–Kier alpha value is -3.60. The molecule has 2 aromatic rings. The van der Waals surface area contributed by atoms with Gasteiger partial charge in [0.15, 0.2) is 0 Å². The molecule has 1 atom stereocenters. The van der Waals surface area contributed by atoms with Crippen molar-refractivity contribution in [1.82, 2.24) is 0 Å². The molecule has 0 radical (unpaired) electrons. The Labute approximate surface area is 192 Å². The number of Topliss-reactive ketones (excluding diaryl/α,β-unsaturated/α-hetero) is 2. The van der Waals surface area contributed by atoms with Crippen molar-refractivity contribution in [2.75, 3.05) is 5.32 Å². The first-order chi connectivity index (χ1) is 15.6. The van der Waals surface area contributed by atoms with Crippen molar-refractivity contribution in [3.05, 3.63) is 94.7 Å². The zero-order valence-corrected chi connectivity index (χ0v) is 19.1. The molecule has 0 spiro atoms. The number of carbonyl (C=O) groups is 2. The topological polar surface area (TPSA) is 58.5 Å². The molecule has 33 heavy (non-hydrogen) atoms. The van der Waals surface area contributed by atoms with Crippen molar-refractivity contribution in [2.45, 2.75) is 44.7 Å². The zero-order valence-electron chi connectivity index (χ0n) is 19.1. The van der Waals surface area contributed by atoms with Crippen LogP contribution in [0.4, 0.5) is 15.8 Å². The quantitative estimate of drug-likeness (QED) is 0.459. The molecule has 3 aliphatic rings. The number of fused-ring (bicyclic) bond motifs is 3. The molecular weight excluding hydrogens is 415 g/mol. The molecule has 0 fully saturated rings. The van der Waals surface area contributed by atoms with Crippen molar-refractivity contribution >= 4 is 28.7 Å². The Balaban J connectivity index is 1.36. The van der Waals surface area contributed by atoms with Gasteiger partial charge in [-0.1, -0.05) is 64.1 Å². The fourth-order valence-electron chi connectivity index (χ4n) is 4.83. The standard InChI is InChI=1S/C28H25FN2O2/c1-27(2)18-10-8-9-11-20(18)30-22(27)12-6-5-7-13-23-28(3,4)19-14-16-17(15-21(19)31-23)26(33)24(29)25(16)32/h5-15,24,31H,1-4H3/b7-5+,12-6+,23-13-. The van der Waals surface area contributed by atoms with Gasteiger partial charge >= 0.3 is 0 Å². The summed E-state index contributed by atoms with van der Waals surface area (Å²) >= 11 is 0. The Morgan fingerprint density at radius 3 is 2.33 bits per heavy atom. The molecule has 2 aromatic carbocycles. The number of aliphatic imine (C=N–C) groups is 1. The van der Waals surface area contributed by atoms with E-state index in [0.717, 1.165) is 28.3 Å². The number of allylic oxidation sites excluding steroid dienone is 6. The van der Waals surface area contributed by atoms with Gasteiger partial charge in [0.2, 0.25) is 17.7 Å². The van der Waals surface area contributed by atoms with E-state index >= 15 is 0 Å².